The van der Waals surface area contributed by atoms with E-state index in [1.165, 1.54) is 6.07 Å². The SMILES string of the molecule is Cc1ccc(C)c(OCCCC(C)(C)C(=O)NC(=S)Nc2ccc(C)cc2[N+](=O)[O-])c1. The van der Waals surface area contributed by atoms with Crippen molar-refractivity contribution < 1.29 is 14.5 Å². The standard InChI is InChI=1S/C23H29N3O4S/c1-15-8-10-18(19(13-15)26(28)29)24-22(31)25-21(27)23(4,5)11-6-12-30-20-14-16(2)7-9-17(20)3/h7-10,13-14H,6,11-12H2,1-5H3,(H2,24,25,27,31). The zero-order valence-corrected chi connectivity index (χ0v) is 19.4. The molecule has 2 aromatic rings. The fourth-order valence-electron chi connectivity index (χ4n) is 3.00. The van der Waals surface area contributed by atoms with Gasteiger partial charge in [-0.2, -0.15) is 0 Å². The first kappa shape index (κ1) is 24.3. The molecule has 31 heavy (non-hydrogen) atoms. The minimum Gasteiger partial charge on any atom is -0.493 e. The van der Waals surface area contributed by atoms with Crippen molar-refractivity contribution >= 4 is 34.6 Å². The maximum Gasteiger partial charge on any atom is 0.292 e. The van der Waals surface area contributed by atoms with E-state index in [9.17, 15) is 14.9 Å². The number of nitrogens with one attached hydrogen (secondary N) is 2. The third-order valence-corrected chi connectivity index (χ3v) is 5.19. The summed E-state index contributed by atoms with van der Waals surface area (Å²) in [6.07, 6.45) is 1.29. The molecule has 0 bridgehead atoms. The molecule has 1 amide bonds. The van der Waals surface area contributed by atoms with Crippen molar-refractivity contribution in [2.24, 2.45) is 5.41 Å². The summed E-state index contributed by atoms with van der Waals surface area (Å²) in [6, 6.07) is 10.8. The van der Waals surface area contributed by atoms with Crippen LogP contribution in [0.1, 0.15) is 43.4 Å². The molecule has 0 saturated carbocycles. The number of benzene rings is 2. The third kappa shape index (κ3) is 7.03. The summed E-state index contributed by atoms with van der Waals surface area (Å²) in [4.78, 5) is 23.5. The van der Waals surface area contributed by atoms with E-state index in [-0.39, 0.29) is 22.4 Å². The van der Waals surface area contributed by atoms with Crippen LogP contribution in [0.2, 0.25) is 0 Å². The van der Waals surface area contributed by atoms with Crippen molar-refractivity contribution in [3.8, 4) is 5.75 Å². The summed E-state index contributed by atoms with van der Waals surface area (Å²) in [5.41, 5.74) is 2.42. The van der Waals surface area contributed by atoms with Crippen LogP contribution >= 0.6 is 12.2 Å². The van der Waals surface area contributed by atoms with Gasteiger partial charge in [-0.05, 0) is 74.7 Å². The second kappa shape index (κ2) is 10.3. The summed E-state index contributed by atoms with van der Waals surface area (Å²) in [5, 5.41) is 16.7. The van der Waals surface area contributed by atoms with Crippen LogP contribution in [-0.4, -0.2) is 22.5 Å². The van der Waals surface area contributed by atoms with Gasteiger partial charge in [0.2, 0.25) is 5.91 Å². The van der Waals surface area contributed by atoms with E-state index in [1.807, 2.05) is 45.9 Å². The van der Waals surface area contributed by atoms with E-state index < -0.39 is 10.3 Å². The van der Waals surface area contributed by atoms with Gasteiger partial charge < -0.3 is 15.4 Å². The second-order valence-electron chi connectivity index (χ2n) is 8.29. The molecule has 2 rings (SSSR count). The number of thiocarbonyl (C=S) groups is 1. The molecule has 166 valence electrons. The Bertz CT molecular complexity index is 989. The lowest BCUT2D eigenvalue weighted by molar-refractivity contribution is -0.383. The number of carbonyl (C=O) groups excluding carboxylic acids is 1. The highest BCUT2D eigenvalue weighted by Gasteiger charge is 2.28. The Labute approximate surface area is 188 Å². The van der Waals surface area contributed by atoms with E-state index in [4.69, 9.17) is 17.0 Å². The summed E-state index contributed by atoms with van der Waals surface area (Å²) in [5.74, 6) is 0.596. The van der Waals surface area contributed by atoms with E-state index in [0.29, 0.717) is 19.4 Å². The minimum atomic E-state index is -0.685. The van der Waals surface area contributed by atoms with Gasteiger partial charge in [0, 0.05) is 11.5 Å². The first-order valence-electron chi connectivity index (χ1n) is 10.1. The van der Waals surface area contributed by atoms with E-state index in [0.717, 1.165) is 22.4 Å². The number of nitro benzene ring substituents is 1. The fraction of sp³-hybridized carbons (Fsp3) is 0.391. The van der Waals surface area contributed by atoms with Crippen molar-refractivity contribution in [2.75, 3.05) is 11.9 Å². The third-order valence-electron chi connectivity index (χ3n) is 4.99. The highest BCUT2D eigenvalue weighted by atomic mass is 32.1. The molecular weight excluding hydrogens is 414 g/mol. The lowest BCUT2D eigenvalue weighted by Gasteiger charge is -2.24. The Morgan fingerprint density at radius 2 is 1.77 bits per heavy atom. The molecule has 2 N–H and O–H groups in total. The Kier molecular flexibility index (Phi) is 8.10. The van der Waals surface area contributed by atoms with Crippen molar-refractivity contribution in [2.45, 2.75) is 47.5 Å². The lowest BCUT2D eigenvalue weighted by atomic mass is 9.87. The smallest absolute Gasteiger partial charge is 0.292 e. The summed E-state index contributed by atoms with van der Waals surface area (Å²) in [7, 11) is 0. The Morgan fingerprint density at radius 3 is 2.45 bits per heavy atom. The van der Waals surface area contributed by atoms with Crippen molar-refractivity contribution in [1.29, 1.82) is 0 Å². The Morgan fingerprint density at radius 1 is 1.13 bits per heavy atom. The average molecular weight is 444 g/mol. The Balaban J connectivity index is 1.88. The van der Waals surface area contributed by atoms with Gasteiger partial charge in [-0.3, -0.25) is 14.9 Å². The highest BCUT2D eigenvalue weighted by molar-refractivity contribution is 7.80. The van der Waals surface area contributed by atoms with Crippen LogP contribution in [0.3, 0.4) is 0 Å². The molecule has 0 radical (unpaired) electrons. The van der Waals surface area contributed by atoms with Gasteiger partial charge in [0.05, 0.1) is 11.5 Å². The van der Waals surface area contributed by atoms with E-state index in [1.54, 1.807) is 19.1 Å². The van der Waals surface area contributed by atoms with Crippen molar-refractivity contribution in [3.63, 3.8) is 0 Å². The van der Waals surface area contributed by atoms with Crippen LogP contribution in [0.4, 0.5) is 11.4 Å². The number of hydrogen-bond acceptors (Lipinski definition) is 5. The molecule has 0 aliphatic rings. The fourth-order valence-corrected chi connectivity index (χ4v) is 3.20. The molecule has 0 unspecified atom stereocenters. The van der Waals surface area contributed by atoms with Crippen molar-refractivity contribution in [1.82, 2.24) is 5.32 Å². The number of hydrogen-bond donors (Lipinski definition) is 2. The van der Waals surface area contributed by atoms with Crippen molar-refractivity contribution in [3.05, 3.63) is 63.2 Å². The maximum absolute atomic E-state index is 12.7. The number of rotatable bonds is 8. The molecule has 0 aromatic heterocycles. The second-order valence-corrected chi connectivity index (χ2v) is 8.70. The summed E-state index contributed by atoms with van der Waals surface area (Å²) >= 11 is 5.20. The number of anilines is 1. The molecule has 2 aromatic carbocycles. The van der Waals surface area contributed by atoms with Crippen LogP contribution in [0, 0.1) is 36.3 Å². The van der Waals surface area contributed by atoms with Gasteiger partial charge in [-0.25, -0.2) is 0 Å². The predicted molar refractivity (Wildman–Crippen MR) is 127 cm³/mol. The normalized spacial score (nSPS) is 11.0. The predicted octanol–water partition coefficient (Wildman–Crippen LogP) is 5.22. The van der Waals surface area contributed by atoms with Crippen LogP contribution in [-0.2, 0) is 4.79 Å². The molecule has 0 aliphatic carbocycles. The number of nitro groups is 1. The first-order chi connectivity index (χ1) is 14.5. The zero-order chi connectivity index (χ0) is 23.2. The molecule has 0 heterocycles. The monoisotopic (exact) mass is 443 g/mol. The van der Waals surface area contributed by atoms with Crippen LogP contribution < -0.4 is 15.4 Å². The maximum atomic E-state index is 12.7. The Hall–Kier alpha value is -3.00. The largest absolute Gasteiger partial charge is 0.493 e. The number of nitrogens with zero attached hydrogens (tertiary/aromatic N) is 1. The molecule has 7 nitrogen and oxygen atoms in total. The minimum absolute atomic E-state index is 0.0247. The van der Waals surface area contributed by atoms with Gasteiger partial charge in [-0.15, -0.1) is 0 Å². The molecule has 0 aliphatic heterocycles. The number of carbonyl (C=O) groups is 1. The molecule has 0 saturated heterocycles. The van der Waals surface area contributed by atoms with E-state index in [2.05, 4.69) is 10.6 Å². The van der Waals surface area contributed by atoms with Crippen LogP contribution in [0.15, 0.2) is 36.4 Å². The number of ether oxygens (including phenoxy) is 1. The topological polar surface area (TPSA) is 93.5 Å². The van der Waals surface area contributed by atoms with Crippen LogP contribution in [0.25, 0.3) is 0 Å². The first-order valence-corrected chi connectivity index (χ1v) is 10.5. The van der Waals surface area contributed by atoms with Gasteiger partial charge in [0.15, 0.2) is 5.11 Å². The highest BCUT2D eigenvalue weighted by Crippen LogP contribution is 2.26. The molecule has 8 heteroatoms. The molecule has 0 fully saturated rings. The summed E-state index contributed by atoms with van der Waals surface area (Å²) < 4.78 is 5.86. The molecular formula is C23H29N3O4S. The van der Waals surface area contributed by atoms with Crippen LogP contribution in [0.5, 0.6) is 5.75 Å². The van der Waals surface area contributed by atoms with E-state index >= 15 is 0 Å². The number of aryl methyl sites for hydroxylation is 3. The lowest BCUT2D eigenvalue weighted by Crippen LogP contribution is -2.42. The van der Waals surface area contributed by atoms with Gasteiger partial charge in [0.25, 0.3) is 5.69 Å². The summed E-state index contributed by atoms with van der Waals surface area (Å²) in [6.45, 7) is 9.94. The van der Waals surface area contributed by atoms with Gasteiger partial charge in [0.1, 0.15) is 11.4 Å². The quantitative estimate of drug-likeness (QED) is 0.251. The van der Waals surface area contributed by atoms with Gasteiger partial charge in [-0.1, -0.05) is 32.0 Å². The molecule has 0 spiro atoms. The average Bonchev–Trinajstić information content (AvgIpc) is 2.68. The molecule has 0 atom stereocenters. The number of amides is 1. The zero-order valence-electron chi connectivity index (χ0n) is 18.6. The van der Waals surface area contributed by atoms with Gasteiger partial charge >= 0.3 is 0 Å².